The highest BCUT2D eigenvalue weighted by Gasteiger charge is 2.08. The number of nitrogens with zero attached hydrogens (tertiary/aromatic N) is 4. The Kier molecular flexibility index (Phi) is 5.18. The van der Waals surface area contributed by atoms with Crippen LogP contribution in [0.25, 0.3) is 5.69 Å². The molecule has 3 aromatic rings. The summed E-state index contributed by atoms with van der Waals surface area (Å²) < 4.78 is 1.87. The molecular weight excluding hydrogens is 336 g/mol. The van der Waals surface area contributed by atoms with E-state index in [1.54, 1.807) is 0 Å². The lowest BCUT2D eigenvalue weighted by Crippen LogP contribution is -2.25. The van der Waals surface area contributed by atoms with Crippen LogP contribution in [-0.4, -0.2) is 43.2 Å². The van der Waals surface area contributed by atoms with Crippen LogP contribution in [0.2, 0.25) is 0 Å². The molecule has 0 atom stereocenters. The number of rotatable bonds is 6. The van der Waals surface area contributed by atoms with Crippen LogP contribution in [0.1, 0.15) is 27.6 Å². The fourth-order valence-electron chi connectivity index (χ4n) is 2.44. The van der Waals surface area contributed by atoms with Gasteiger partial charge in [-0.3, -0.25) is 9.89 Å². The molecule has 0 spiro atoms. The molecule has 0 bridgehead atoms. The molecule has 0 aliphatic carbocycles. The number of aryl methyl sites for hydroxylation is 3. The van der Waals surface area contributed by atoms with Crippen LogP contribution in [0.5, 0.6) is 0 Å². The summed E-state index contributed by atoms with van der Waals surface area (Å²) in [7, 11) is 0. The van der Waals surface area contributed by atoms with Crippen LogP contribution in [0.15, 0.2) is 35.5 Å². The summed E-state index contributed by atoms with van der Waals surface area (Å²) in [5.74, 6) is 1.41. The Morgan fingerprint density at radius 2 is 2.00 bits per heavy atom. The van der Waals surface area contributed by atoms with E-state index in [0.717, 1.165) is 22.9 Å². The molecule has 0 radical (unpaired) electrons. The Morgan fingerprint density at radius 1 is 1.24 bits per heavy atom. The van der Waals surface area contributed by atoms with E-state index in [2.05, 4.69) is 25.6 Å². The van der Waals surface area contributed by atoms with Crippen molar-refractivity contribution in [1.82, 2.24) is 30.3 Å². The molecule has 3 rings (SSSR count). The molecule has 1 amide bonds. The number of hydrogen-bond acceptors (Lipinski definition) is 5. The molecule has 7 nitrogen and oxygen atoms in total. The Balaban J connectivity index is 1.53. The predicted octanol–water partition coefficient (Wildman–Crippen LogP) is 2.44. The molecule has 130 valence electrons. The van der Waals surface area contributed by atoms with Crippen LogP contribution < -0.4 is 5.32 Å². The van der Waals surface area contributed by atoms with Gasteiger partial charge in [0, 0.05) is 23.6 Å². The van der Waals surface area contributed by atoms with Gasteiger partial charge in [-0.15, -0.1) is 5.10 Å². The van der Waals surface area contributed by atoms with Gasteiger partial charge in [-0.05, 0) is 51.1 Å². The first kappa shape index (κ1) is 17.2. The molecule has 2 aromatic heterocycles. The van der Waals surface area contributed by atoms with Crippen LogP contribution in [0.4, 0.5) is 0 Å². The fourth-order valence-corrected chi connectivity index (χ4v) is 3.14. The largest absolute Gasteiger partial charge is 0.351 e. The predicted molar refractivity (Wildman–Crippen MR) is 97.2 cm³/mol. The third kappa shape index (κ3) is 4.27. The van der Waals surface area contributed by atoms with Crippen molar-refractivity contribution >= 4 is 17.7 Å². The number of aromatic amines is 1. The summed E-state index contributed by atoms with van der Waals surface area (Å²) >= 11 is 1.50. The minimum atomic E-state index is -0.0910. The number of nitrogens with one attached hydrogen (secondary N) is 2. The van der Waals surface area contributed by atoms with Gasteiger partial charge in [-0.25, -0.2) is 9.67 Å². The van der Waals surface area contributed by atoms with E-state index < -0.39 is 0 Å². The summed E-state index contributed by atoms with van der Waals surface area (Å²) in [5.41, 5.74) is 3.61. The zero-order valence-electron chi connectivity index (χ0n) is 14.4. The average molecular weight is 356 g/mol. The fraction of sp³-hybridized carbons (Fsp3) is 0.294. The number of H-pyrrole nitrogens is 1. The van der Waals surface area contributed by atoms with E-state index in [1.165, 1.54) is 11.8 Å². The molecule has 0 saturated heterocycles. The van der Waals surface area contributed by atoms with Crippen molar-refractivity contribution in [3.05, 3.63) is 53.1 Å². The van der Waals surface area contributed by atoms with Crippen molar-refractivity contribution in [3.63, 3.8) is 0 Å². The SMILES string of the molecule is Cc1cc(C)n(-c2ccc(C(=O)NCCSc3n[nH]c(C)n3)cc2)n1. The smallest absolute Gasteiger partial charge is 0.251 e. The van der Waals surface area contributed by atoms with Gasteiger partial charge in [-0.2, -0.15) is 5.10 Å². The first-order chi connectivity index (χ1) is 12.0. The van der Waals surface area contributed by atoms with Gasteiger partial charge < -0.3 is 5.32 Å². The molecule has 2 N–H and O–H groups in total. The van der Waals surface area contributed by atoms with E-state index in [0.29, 0.717) is 23.0 Å². The Labute approximate surface area is 150 Å². The number of aromatic nitrogens is 5. The summed E-state index contributed by atoms with van der Waals surface area (Å²) in [5, 5.41) is 14.9. The van der Waals surface area contributed by atoms with E-state index in [1.807, 2.05) is 55.8 Å². The standard InChI is InChI=1S/C17H20N6OS/c1-11-10-12(2)23(22-11)15-6-4-14(5-7-15)16(24)18-8-9-25-17-19-13(3)20-21-17/h4-7,10H,8-9H2,1-3H3,(H,18,24)(H,19,20,21). The number of thioether (sulfide) groups is 1. The molecule has 0 unspecified atom stereocenters. The first-order valence-electron chi connectivity index (χ1n) is 7.96. The minimum Gasteiger partial charge on any atom is -0.351 e. The number of carbonyl (C=O) groups is 1. The van der Waals surface area contributed by atoms with E-state index in [9.17, 15) is 4.79 Å². The normalized spacial score (nSPS) is 10.8. The van der Waals surface area contributed by atoms with Gasteiger partial charge in [0.1, 0.15) is 5.82 Å². The third-order valence-corrected chi connectivity index (χ3v) is 4.43. The topological polar surface area (TPSA) is 88.5 Å². The van der Waals surface area contributed by atoms with Crippen molar-refractivity contribution in [3.8, 4) is 5.69 Å². The van der Waals surface area contributed by atoms with Gasteiger partial charge in [0.25, 0.3) is 5.91 Å². The monoisotopic (exact) mass is 356 g/mol. The summed E-state index contributed by atoms with van der Waals surface area (Å²) in [6.07, 6.45) is 0. The van der Waals surface area contributed by atoms with Crippen molar-refractivity contribution in [1.29, 1.82) is 0 Å². The van der Waals surface area contributed by atoms with Crippen LogP contribution in [0.3, 0.4) is 0 Å². The molecular formula is C17H20N6OS. The maximum atomic E-state index is 12.2. The zero-order valence-corrected chi connectivity index (χ0v) is 15.2. The molecule has 0 aliphatic rings. The van der Waals surface area contributed by atoms with Gasteiger partial charge >= 0.3 is 0 Å². The van der Waals surface area contributed by atoms with Crippen molar-refractivity contribution in [2.45, 2.75) is 25.9 Å². The maximum Gasteiger partial charge on any atom is 0.251 e. The third-order valence-electron chi connectivity index (χ3n) is 3.58. The lowest BCUT2D eigenvalue weighted by molar-refractivity contribution is 0.0956. The second-order valence-corrected chi connectivity index (χ2v) is 6.76. The van der Waals surface area contributed by atoms with E-state index in [-0.39, 0.29) is 5.91 Å². The molecule has 8 heteroatoms. The van der Waals surface area contributed by atoms with Gasteiger partial charge in [0.05, 0.1) is 11.4 Å². The molecule has 0 saturated carbocycles. The Morgan fingerprint density at radius 3 is 2.60 bits per heavy atom. The number of benzene rings is 1. The van der Waals surface area contributed by atoms with Crippen LogP contribution >= 0.6 is 11.8 Å². The van der Waals surface area contributed by atoms with Gasteiger partial charge in [0.15, 0.2) is 0 Å². The Bertz CT molecular complexity index is 868. The lowest BCUT2D eigenvalue weighted by atomic mass is 10.2. The number of amides is 1. The second-order valence-electron chi connectivity index (χ2n) is 5.69. The molecule has 0 fully saturated rings. The van der Waals surface area contributed by atoms with Crippen LogP contribution in [-0.2, 0) is 0 Å². The highest BCUT2D eigenvalue weighted by atomic mass is 32.2. The van der Waals surface area contributed by atoms with E-state index >= 15 is 0 Å². The number of carbonyl (C=O) groups excluding carboxylic acids is 1. The van der Waals surface area contributed by atoms with Gasteiger partial charge in [0.2, 0.25) is 5.16 Å². The Hall–Kier alpha value is -2.61. The second kappa shape index (κ2) is 7.52. The summed E-state index contributed by atoms with van der Waals surface area (Å²) in [4.78, 5) is 16.4. The van der Waals surface area contributed by atoms with Gasteiger partial charge in [-0.1, -0.05) is 11.8 Å². The molecule has 2 heterocycles. The summed E-state index contributed by atoms with van der Waals surface area (Å²) in [6.45, 7) is 6.38. The minimum absolute atomic E-state index is 0.0910. The highest BCUT2D eigenvalue weighted by Crippen LogP contribution is 2.13. The van der Waals surface area contributed by atoms with Crippen molar-refractivity contribution in [2.75, 3.05) is 12.3 Å². The number of hydrogen-bond donors (Lipinski definition) is 2. The molecule has 0 aliphatic heterocycles. The first-order valence-corrected chi connectivity index (χ1v) is 8.95. The quantitative estimate of drug-likeness (QED) is 0.523. The zero-order chi connectivity index (χ0) is 17.8. The average Bonchev–Trinajstić information content (AvgIpc) is 3.16. The maximum absolute atomic E-state index is 12.2. The molecule has 25 heavy (non-hydrogen) atoms. The van der Waals surface area contributed by atoms with Crippen molar-refractivity contribution in [2.24, 2.45) is 0 Å². The molecule has 1 aromatic carbocycles. The van der Waals surface area contributed by atoms with Crippen LogP contribution in [0, 0.1) is 20.8 Å². The highest BCUT2D eigenvalue weighted by molar-refractivity contribution is 7.99. The lowest BCUT2D eigenvalue weighted by Gasteiger charge is -2.07. The van der Waals surface area contributed by atoms with E-state index in [4.69, 9.17) is 0 Å². The van der Waals surface area contributed by atoms with Crippen molar-refractivity contribution < 1.29 is 4.79 Å². The summed E-state index contributed by atoms with van der Waals surface area (Å²) in [6, 6.07) is 9.45.